The summed E-state index contributed by atoms with van der Waals surface area (Å²) < 4.78 is 31.2. The van der Waals surface area contributed by atoms with Gasteiger partial charge >= 0.3 is 5.69 Å². The van der Waals surface area contributed by atoms with Crippen molar-refractivity contribution in [2.75, 3.05) is 69.6 Å². The van der Waals surface area contributed by atoms with Crippen molar-refractivity contribution in [3.63, 3.8) is 0 Å². The maximum atomic E-state index is 15.3. The van der Waals surface area contributed by atoms with Crippen LogP contribution in [-0.2, 0) is 4.79 Å². The Morgan fingerprint density at radius 3 is 2.44 bits per heavy atom. The van der Waals surface area contributed by atoms with Crippen LogP contribution in [0.2, 0.25) is 10.0 Å². The third kappa shape index (κ3) is 6.34. The topological polar surface area (TPSA) is 64.9 Å². The van der Waals surface area contributed by atoms with E-state index in [1.165, 1.54) is 23.9 Å². The monoisotopic (exact) mass is 696 g/mol. The molecule has 45 heavy (non-hydrogen) atoms. The highest BCUT2D eigenvalue weighted by Crippen LogP contribution is 2.48. The summed E-state index contributed by atoms with van der Waals surface area (Å²) in [4.78, 5) is 40.1. The van der Waals surface area contributed by atoms with Gasteiger partial charge in [0.05, 0.1) is 21.6 Å². The van der Waals surface area contributed by atoms with Crippen molar-refractivity contribution in [2.24, 2.45) is 0 Å². The second-order valence-corrected chi connectivity index (χ2v) is 13.4. The zero-order valence-corrected chi connectivity index (χ0v) is 28.5. The minimum absolute atomic E-state index is 0. The highest BCUT2D eigenvalue weighted by atomic mass is 35.5. The number of amides is 1. The number of rotatable bonds is 6. The van der Waals surface area contributed by atoms with E-state index in [0.717, 1.165) is 38.8 Å². The van der Waals surface area contributed by atoms with Gasteiger partial charge in [0.15, 0.2) is 0 Å². The molecule has 2 atom stereocenters. The lowest BCUT2D eigenvalue weighted by Gasteiger charge is -2.41. The Balaban J connectivity index is 0.00000400. The van der Waals surface area contributed by atoms with Crippen LogP contribution in [0.15, 0.2) is 40.5 Å². The number of halogens is 4. The maximum Gasteiger partial charge on any atom is 0.350 e. The number of piperazine rings is 2. The fraction of sp³-hybridized carbons (Fsp3) is 0.452. The lowest BCUT2D eigenvalue weighted by atomic mass is 10.0. The average molecular weight is 698 g/mol. The van der Waals surface area contributed by atoms with Gasteiger partial charge in [-0.2, -0.15) is 18.5 Å². The van der Waals surface area contributed by atoms with Gasteiger partial charge in [-0.1, -0.05) is 36.7 Å². The predicted octanol–water partition coefficient (Wildman–Crippen LogP) is 5.27. The second-order valence-electron chi connectivity index (χ2n) is 11.5. The minimum atomic E-state index is -0.860. The number of carbonyl (C=O) groups is 1. The first-order valence-electron chi connectivity index (χ1n) is 14.8. The summed E-state index contributed by atoms with van der Waals surface area (Å²) in [5.74, 6) is -0.765. The number of benzene rings is 2. The van der Waals surface area contributed by atoms with Crippen molar-refractivity contribution >= 4 is 71.1 Å². The largest absolute Gasteiger partial charge is 0.350 e. The number of aromatic nitrogens is 2. The van der Waals surface area contributed by atoms with Gasteiger partial charge < -0.3 is 14.7 Å². The van der Waals surface area contributed by atoms with Crippen LogP contribution in [0.5, 0.6) is 0 Å². The van der Waals surface area contributed by atoms with Crippen molar-refractivity contribution < 1.29 is 13.6 Å². The third-order valence-corrected chi connectivity index (χ3v) is 10.8. The van der Waals surface area contributed by atoms with E-state index in [9.17, 15) is 14.0 Å². The molecule has 0 bridgehead atoms. The molecule has 4 heterocycles. The molecular weight excluding hydrogens is 661 g/mol. The first kappa shape index (κ1) is 34.0. The number of nitrogens with zero attached hydrogens (tertiary/aromatic N) is 6. The Hall–Kier alpha value is -2.35. The zero-order valence-electron chi connectivity index (χ0n) is 25.2. The Kier molecular flexibility index (Phi) is 10.4. The molecule has 0 unspecified atom stereocenters. The summed E-state index contributed by atoms with van der Waals surface area (Å²) in [6, 6.07) is 3.41. The van der Waals surface area contributed by atoms with Crippen LogP contribution in [-0.4, -0.2) is 101 Å². The fourth-order valence-corrected chi connectivity index (χ4v) is 8.41. The molecule has 0 aliphatic carbocycles. The Morgan fingerprint density at radius 1 is 1.07 bits per heavy atom. The van der Waals surface area contributed by atoms with E-state index in [2.05, 4.69) is 28.3 Å². The first-order chi connectivity index (χ1) is 21.1. The van der Waals surface area contributed by atoms with Crippen LogP contribution in [0, 0.1) is 11.6 Å². The van der Waals surface area contributed by atoms with Gasteiger partial charge in [0, 0.05) is 91.6 Å². The van der Waals surface area contributed by atoms with Crippen LogP contribution in [0.25, 0.3) is 22.0 Å². The van der Waals surface area contributed by atoms with Crippen LogP contribution in [0.4, 0.5) is 14.6 Å². The molecule has 0 spiro atoms. The zero-order chi connectivity index (χ0) is 31.3. The number of hydrogen-bond acceptors (Lipinski definition) is 7. The smallest absolute Gasteiger partial charge is 0.350 e. The van der Waals surface area contributed by atoms with Crippen LogP contribution < -0.4 is 10.6 Å². The SMILES string of the molecule is C=CC(=O)N1CCN(c2nc(=O)n3c4c(c(-c5cc(Cl)c(F)cc5F)c(Cl)cc24)SC[C@@H]3CN2CCN(CC)CC2)[C@@H](C)C1.S. The number of likely N-dealkylation sites (N-methyl/N-ethyl adjacent to an activating group) is 1. The second kappa shape index (κ2) is 13.8. The number of anilines is 1. The maximum absolute atomic E-state index is 15.3. The van der Waals surface area contributed by atoms with Gasteiger partial charge in [0.1, 0.15) is 17.5 Å². The molecule has 242 valence electrons. The summed E-state index contributed by atoms with van der Waals surface area (Å²) in [5.41, 5.74) is 0.680. The molecule has 2 saturated heterocycles. The standard InChI is InChI=1S/C31H34Cl2F2N6O2S.H2S/c1-4-26(42)39-10-11-40(18(3)15-39)30-21-13-23(33)27(20-12-22(32)25(35)14-24(20)34)29-28(21)41(31(43)36-30)19(17-44-29)16-38-8-6-37(5-2)7-9-38;/h4,12-14,18-19H,1,5-11,15-17H2,2-3H3;1H2/t18-,19-;/m0./s1. The average Bonchev–Trinajstić information content (AvgIpc) is 3.01. The summed E-state index contributed by atoms with van der Waals surface area (Å²) in [6.45, 7) is 14.5. The van der Waals surface area contributed by atoms with Crippen LogP contribution >= 0.6 is 48.5 Å². The lowest BCUT2D eigenvalue weighted by Crippen LogP contribution is -2.54. The Bertz CT molecular complexity index is 1700. The van der Waals surface area contributed by atoms with Crippen molar-refractivity contribution in [3.05, 3.63) is 63.0 Å². The number of hydrogen-bond donors (Lipinski definition) is 0. The van der Waals surface area contributed by atoms with Crippen molar-refractivity contribution in [2.45, 2.75) is 30.8 Å². The molecule has 3 aromatic rings. The molecular formula is C31H36Cl2F2N6O2S2. The number of thioether (sulfide) groups is 1. The summed E-state index contributed by atoms with van der Waals surface area (Å²) in [7, 11) is 0. The van der Waals surface area contributed by atoms with E-state index in [-0.39, 0.29) is 47.1 Å². The molecule has 0 saturated carbocycles. The molecule has 6 rings (SSSR count). The molecule has 0 radical (unpaired) electrons. The quantitative estimate of drug-likeness (QED) is 0.257. The molecule has 8 nitrogen and oxygen atoms in total. The highest BCUT2D eigenvalue weighted by Gasteiger charge is 2.35. The molecule has 1 aromatic heterocycles. The summed E-state index contributed by atoms with van der Waals surface area (Å²) in [5, 5.41) is 0.700. The van der Waals surface area contributed by atoms with E-state index in [0.29, 0.717) is 59.1 Å². The number of carbonyl (C=O) groups excluding carboxylic acids is 1. The van der Waals surface area contributed by atoms with Gasteiger partial charge in [-0.25, -0.2) is 13.6 Å². The molecule has 0 N–H and O–H groups in total. The van der Waals surface area contributed by atoms with Crippen LogP contribution in [0.3, 0.4) is 0 Å². The summed E-state index contributed by atoms with van der Waals surface area (Å²) in [6.07, 6.45) is 1.30. The third-order valence-electron chi connectivity index (χ3n) is 8.93. The molecule has 3 aliphatic rings. The normalized spacial score (nSPS) is 20.8. The van der Waals surface area contributed by atoms with Gasteiger partial charge in [0.2, 0.25) is 5.91 Å². The Labute approximate surface area is 282 Å². The van der Waals surface area contributed by atoms with Crippen molar-refractivity contribution in [1.82, 2.24) is 24.3 Å². The molecule has 2 aromatic carbocycles. The van der Waals surface area contributed by atoms with Gasteiger partial charge in [-0.05, 0) is 31.7 Å². The van der Waals surface area contributed by atoms with Gasteiger partial charge in [-0.15, -0.1) is 11.8 Å². The van der Waals surface area contributed by atoms with Crippen molar-refractivity contribution in [1.29, 1.82) is 0 Å². The van der Waals surface area contributed by atoms with Crippen molar-refractivity contribution in [3.8, 4) is 11.1 Å². The molecule has 3 aliphatic heterocycles. The van der Waals surface area contributed by atoms with E-state index in [4.69, 9.17) is 23.2 Å². The van der Waals surface area contributed by atoms with E-state index >= 15 is 4.39 Å². The van der Waals surface area contributed by atoms with Gasteiger partial charge in [0.25, 0.3) is 0 Å². The molecule has 2 fully saturated rings. The van der Waals surface area contributed by atoms with E-state index < -0.39 is 17.3 Å². The fourth-order valence-electron chi connectivity index (χ4n) is 6.57. The first-order valence-corrected chi connectivity index (χ1v) is 16.5. The lowest BCUT2D eigenvalue weighted by molar-refractivity contribution is -0.126. The predicted molar refractivity (Wildman–Crippen MR) is 184 cm³/mol. The molecule has 1 amide bonds. The van der Waals surface area contributed by atoms with Gasteiger partial charge in [-0.3, -0.25) is 14.3 Å². The van der Waals surface area contributed by atoms with E-state index in [1.807, 2.05) is 11.8 Å². The summed E-state index contributed by atoms with van der Waals surface area (Å²) >= 11 is 14.5. The highest BCUT2D eigenvalue weighted by molar-refractivity contribution is 7.99. The van der Waals surface area contributed by atoms with Crippen LogP contribution in [0.1, 0.15) is 19.9 Å². The van der Waals surface area contributed by atoms with E-state index in [1.54, 1.807) is 15.5 Å². The minimum Gasteiger partial charge on any atom is -0.350 e. The molecule has 14 heteroatoms. The Morgan fingerprint density at radius 2 is 1.78 bits per heavy atom.